The first-order valence-electron chi connectivity index (χ1n) is 11.6. The SMILES string of the molecule is COc1ccc2c(c1)N1CCN(c3ccccc3OC)C[C@H]1[C@H](C(=O)NCCC(C)C)C2. The summed E-state index contributed by atoms with van der Waals surface area (Å²) in [5.74, 6) is 2.36. The Labute approximate surface area is 191 Å². The van der Waals surface area contributed by atoms with Crippen LogP contribution in [0, 0.1) is 11.8 Å². The highest BCUT2D eigenvalue weighted by Gasteiger charge is 2.42. The number of fused-ring (bicyclic) bond motifs is 3. The molecule has 1 N–H and O–H groups in total. The zero-order valence-corrected chi connectivity index (χ0v) is 19.6. The van der Waals surface area contributed by atoms with Crippen LogP contribution in [-0.4, -0.2) is 52.3 Å². The molecule has 4 rings (SSSR count). The van der Waals surface area contributed by atoms with Crippen molar-refractivity contribution in [2.45, 2.75) is 32.7 Å². The number of ether oxygens (including phenoxy) is 2. The van der Waals surface area contributed by atoms with E-state index < -0.39 is 0 Å². The average molecular weight is 438 g/mol. The van der Waals surface area contributed by atoms with E-state index in [0.717, 1.165) is 56.2 Å². The molecule has 0 aromatic heterocycles. The molecule has 2 heterocycles. The number of nitrogens with zero attached hydrogens (tertiary/aromatic N) is 2. The Morgan fingerprint density at radius 3 is 2.66 bits per heavy atom. The Balaban J connectivity index is 1.63. The molecular formula is C26H35N3O3. The lowest BCUT2D eigenvalue weighted by Crippen LogP contribution is -2.61. The van der Waals surface area contributed by atoms with Gasteiger partial charge in [0.15, 0.2) is 0 Å². The van der Waals surface area contributed by atoms with Crippen molar-refractivity contribution < 1.29 is 14.3 Å². The zero-order valence-electron chi connectivity index (χ0n) is 19.6. The minimum Gasteiger partial charge on any atom is -0.497 e. The molecule has 0 spiro atoms. The first kappa shape index (κ1) is 22.3. The summed E-state index contributed by atoms with van der Waals surface area (Å²) in [4.78, 5) is 18.1. The monoisotopic (exact) mass is 437 g/mol. The molecule has 0 saturated carbocycles. The van der Waals surface area contributed by atoms with E-state index in [1.807, 2.05) is 24.3 Å². The van der Waals surface area contributed by atoms with E-state index in [9.17, 15) is 4.79 Å². The minimum absolute atomic E-state index is 0.0901. The van der Waals surface area contributed by atoms with Crippen LogP contribution in [0.3, 0.4) is 0 Å². The molecule has 2 atom stereocenters. The second kappa shape index (κ2) is 9.72. The molecule has 2 aromatic carbocycles. The van der Waals surface area contributed by atoms with Gasteiger partial charge in [0.05, 0.1) is 31.9 Å². The van der Waals surface area contributed by atoms with Crippen molar-refractivity contribution in [1.29, 1.82) is 0 Å². The van der Waals surface area contributed by atoms with Gasteiger partial charge in [0.2, 0.25) is 5.91 Å². The standard InChI is InChI=1S/C26H35N3O3/c1-18(2)11-12-27-26(30)21-15-19-9-10-20(31-3)16-23(19)29-14-13-28(17-24(21)29)22-7-5-6-8-25(22)32-4/h5-10,16,18,21,24H,11-15,17H2,1-4H3,(H,27,30)/t21-,24+/m1/s1. The Hall–Kier alpha value is -2.89. The van der Waals surface area contributed by atoms with Crippen molar-refractivity contribution in [3.05, 3.63) is 48.0 Å². The van der Waals surface area contributed by atoms with Gasteiger partial charge in [-0.15, -0.1) is 0 Å². The maximum atomic E-state index is 13.3. The lowest BCUT2D eigenvalue weighted by atomic mass is 9.83. The van der Waals surface area contributed by atoms with Gasteiger partial charge in [-0.2, -0.15) is 0 Å². The quantitative estimate of drug-likeness (QED) is 0.715. The summed E-state index contributed by atoms with van der Waals surface area (Å²) >= 11 is 0. The van der Waals surface area contributed by atoms with Crippen LogP contribution in [0.5, 0.6) is 11.5 Å². The third kappa shape index (κ3) is 4.50. The molecule has 6 heteroatoms. The van der Waals surface area contributed by atoms with Crippen molar-refractivity contribution in [2.24, 2.45) is 11.8 Å². The van der Waals surface area contributed by atoms with Gasteiger partial charge in [0, 0.05) is 37.9 Å². The van der Waals surface area contributed by atoms with E-state index >= 15 is 0 Å². The molecule has 6 nitrogen and oxygen atoms in total. The van der Waals surface area contributed by atoms with Crippen LogP contribution in [0.15, 0.2) is 42.5 Å². The van der Waals surface area contributed by atoms with Gasteiger partial charge in [-0.25, -0.2) is 0 Å². The topological polar surface area (TPSA) is 54.0 Å². The van der Waals surface area contributed by atoms with Crippen molar-refractivity contribution in [3.8, 4) is 11.5 Å². The summed E-state index contributed by atoms with van der Waals surface area (Å²) in [5.41, 5.74) is 3.50. The fourth-order valence-electron chi connectivity index (χ4n) is 4.93. The van der Waals surface area contributed by atoms with Crippen LogP contribution >= 0.6 is 0 Å². The Morgan fingerprint density at radius 2 is 1.91 bits per heavy atom. The molecule has 2 aliphatic rings. The van der Waals surface area contributed by atoms with Crippen LogP contribution in [0.4, 0.5) is 11.4 Å². The predicted molar refractivity (Wildman–Crippen MR) is 129 cm³/mol. The highest BCUT2D eigenvalue weighted by molar-refractivity contribution is 5.82. The number of anilines is 2. The van der Waals surface area contributed by atoms with E-state index in [1.165, 1.54) is 11.3 Å². The Kier molecular flexibility index (Phi) is 6.77. The summed E-state index contributed by atoms with van der Waals surface area (Å²) in [5, 5.41) is 3.21. The lowest BCUT2D eigenvalue weighted by molar-refractivity contribution is -0.125. The molecule has 1 fully saturated rings. The number of hydrogen-bond donors (Lipinski definition) is 1. The minimum atomic E-state index is -0.0967. The highest BCUT2D eigenvalue weighted by Crippen LogP contribution is 2.40. The summed E-state index contributed by atoms with van der Waals surface area (Å²) in [6, 6.07) is 14.5. The Morgan fingerprint density at radius 1 is 1.09 bits per heavy atom. The fraction of sp³-hybridized carbons (Fsp3) is 0.500. The van der Waals surface area contributed by atoms with Gasteiger partial charge in [-0.05, 0) is 42.5 Å². The van der Waals surface area contributed by atoms with Crippen molar-refractivity contribution >= 4 is 17.3 Å². The second-order valence-electron chi connectivity index (χ2n) is 9.16. The molecule has 0 aliphatic carbocycles. The number of carbonyl (C=O) groups excluding carboxylic acids is 1. The molecular weight excluding hydrogens is 402 g/mol. The maximum Gasteiger partial charge on any atom is 0.225 e. The molecule has 1 saturated heterocycles. The molecule has 1 amide bonds. The van der Waals surface area contributed by atoms with E-state index in [2.05, 4.69) is 47.2 Å². The van der Waals surface area contributed by atoms with Crippen LogP contribution in [-0.2, 0) is 11.2 Å². The van der Waals surface area contributed by atoms with Crippen LogP contribution in [0.25, 0.3) is 0 Å². The number of amides is 1. The van der Waals surface area contributed by atoms with Crippen LogP contribution < -0.4 is 24.6 Å². The maximum absolute atomic E-state index is 13.3. The third-order valence-electron chi connectivity index (χ3n) is 6.71. The summed E-state index contributed by atoms with van der Waals surface area (Å²) in [7, 11) is 3.41. The molecule has 32 heavy (non-hydrogen) atoms. The lowest BCUT2D eigenvalue weighted by Gasteiger charge is -2.49. The van der Waals surface area contributed by atoms with E-state index in [4.69, 9.17) is 9.47 Å². The number of nitrogens with one attached hydrogen (secondary N) is 1. The average Bonchev–Trinajstić information content (AvgIpc) is 2.82. The summed E-state index contributed by atoms with van der Waals surface area (Å²) < 4.78 is 11.1. The number of hydrogen-bond acceptors (Lipinski definition) is 5. The first-order chi connectivity index (χ1) is 15.5. The molecule has 0 unspecified atom stereocenters. The van der Waals surface area contributed by atoms with Crippen molar-refractivity contribution in [3.63, 3.8) is 0 Å². The van der Waals surface area contributed by atoms with E-state index in [-0.39, 0.29) is 17.9 Å². The van der Waals surface area contributed by atoms with Gasteiger partial charge in [0.1, 0.15) is 11.5 Å². The largest absolute Gasteiger partial charge is 0.497 e. The first-order valence-corrected chi connectivity index (χ1v) is 11.6. The van der Waals surface area contributed by atoms with E-state index in [1.54, 1.807) is 14.2 Å². The van der Waals surface area contributed by atoms with E-state index in [0.29, 0.717) is 5.92 Å². The highest BCUT2D eigenvalue weighted by atomic mass is 16.5. The third-order valence-corrected chi connectivity index (χ3v) is 6.71. The van der Waals surface area contributed by atoms with Gasteiger partial charge in [-0.3, -0.25) is 4.79 Å². The number of methoxy groups -OCH3 is 2. The smallest absolute Gasteiger partial charge is 0.225 e. The molecule has 2 aliphatic heterocycles. The number of para-hydroxylation sites is 2. The molecule has 2 aromatic rings. The van der Waals surface area contributed by atoms with Crippen LogP contribution in [0.1, 0.15) is 25.8 Å². The molecule has 172 valence electrons. The normalized spacial score (nSPS) is 19.9. The number of piperazine rings is 1. The number of benzene rings is 2. The molecule has 0 bridgehead atoms. The second-order valence-corrected chi connectivity index (χ2v) is 9.16. The van der Waals surface area contributed by atoms with Gasteiger partial charge < -0.3 is 24.6 Å². The van der Waals surface area contributed by atoms with Crippen LogP contribution in [0.2, 0.25) is 0 Å². The number of rotatable bonds is 7. The molecule has 0 radical (unpaired) electrons. The van der Waals surface area contributed by atoms with Gasteiger partial charge >= 0.3 is 0 Å². The van der Waals surface area contributed by atoms with Crippen molar-refractivity contribution in [1.82, 2.24) is 5.32 Å². The fourth-order valence-corrected chi connectivity index (χ4v) is 4.93. The van der Waals surface area contributed by atoms with Gasteiger partial charge in [0.25, 0.3) is 0 Å². The number of carbonyl (C=O) groups is 1. The summed E-state index contributed by atoms with van der Waals surface area (Å²) in [6.45, 7) is 7.59. The zero-order chi connectivity index (χ0) is 22.7. The van der Waals surface area contributed by atoms with Gasteiger partial charge in [-0.1, -0.05) is 32.0 Å². The Bertz CT molecular complexity index is 946. The summed E-state index contributed by atoms with van der Waals surface area (Å²) in [6.07, 6.45) is 1.74. The predicted octanol–water partition coefficient (Wildman–Crippen LogP) is 3.73. The van der Waals surface area contributed by atoms with Crippen molar-refractivity contribution in [2.75, 3.05) is 50.2 Å².